The lowest BCUT2D eigenvalue weighted by molar-refractivity contribution is 0.414. The molecular formula is C25H25N7O2S2. The fourth-order valence-electron chi connectivity index (χ4n) is 3.50. The second-order valence-electron chi connectivity index (χ2n) is 7.63. The third kappa shape index (κ3) is 6.12. The zero-order chi connectivity index (χ0) is 25.3. The number of aromatic amines is 2. The van der Waals surface area contributed by atoms with E-state index in [2.05, 4.69) is 32.0 Å². The molecule has 2 N–H and O–H groups in total. The fraction of sp³-hybridized carbons (Fsp3) is 0.160. The number of benzene rings is 1. The zero-order valence-corrected chi connectivity index (χ0v) is 21.3. The van der Waals surface area contributed by atoms with Crippen LogP contribution >= 0.6 is 24.4 Å². The first kappa shape index (κ1) is 25.0. The maximum Gasteiger partial charge on any atom is 0.195 e. The molecule has 0 aliphatic carbocycles. The number of aromatic nitrogens is 7. The van der Waals surface area contributed by atoms with E-state index < -0.39 is 0 Å². The number of nitrogens with one attached hydrogen (secondary N) is 2. The van der Waals surface area contributed by atoms with Gasteiger partial charge in [0.05, 0.1) is 19.9 Å². The average Bonchev–Trinajstić information content (AvgIpc) is 3.64. The predicted molar refractivity (Wildman–Crippen MR) is 142 cm³/mol. The summed E-state index contributed by atoms with van der Waals surface area (Å²) >= 11 is 10.4. The van der Waals surface area contributed by atoms with Gasteiger partial charge in [-0.05, 0) is 66.4 Å². The Hall–Kier alpha value is -4.09. The molecule has 0 amide bonds. The van der Waals surface area contributed by atoms with Gasteiger partial charge >= 0.3 is 0 Å². The van der Waals surface area contributed by atoms with Crippen LogP contribution in [0.1, 0.15) is 17.1 Å². The van der Waals surface area contributed by atoms with Gasteiger partial charge in [-0.1, -0.05) is 18.2 Å². The molecule has 1 aromatic carbocycles. The van der Waals surface area contributed by atoms with E-state index in [1.807, 2.05) is 57.7 Å². The van der Waals surface area contributed by atoms with Crippen molar-refractivity contribution in [2.75, 3.05) is 7.11 Å². The molecule has 11 heteroatoms. The first-order valence-electron chi connectivity index (χ1n) is 11.0. The zero-order valence-electron chi connectivity index (χ0n) is 19.6. The topological polar surface area (TPSA) is 102 Å². The quantitative estimate of drug-likeness (QED) is 0.210. The lowest BCUT2D eigenvalue weighted by Crippen LogP contribution is -2.05. The summed E-state index contributed by atoms with van der Waals surface area (Å²) in [7, 11) is 1.66. The minimum atomic E-state index is 0.571. The van der Waals surface area contributed by atoms with Gasteiger partial charge in [-0.2, -0.15) is 10.2 Å². The molecule has 4 heterocycles. The highest BCUT2D eigenvalue weighted by molar-refractivity contribution is 7.71. The standard InChI is InChI=1S/C15H15N3O2S.C10H10N4S/c1-19-12-5-2-4-11(8-12)9-14-16-17-15(21)18(14)10-13-6-3-7-20-13;1-2-6-14-9(12-13-10(14)15)8-4-3-5-11-7-8/h2-8H,9-10H2,1H3,(H,17,21);2-5,7H,1,6H2,(H,13,15). The van der Waals surface area contributed by atoms with E-state index >= 15 is 0 Å². The van der Waals surface area contributed by atoms with Crippen LogP contribution in [0.5, 0.6) is 5.75 Å². The van der Waals surface area contributed by atoms with E-state index in [-0.39, 0.29) is 0 Å². The van der Waals surface area contributed by atoms with Crippen molar-refractivity contribution in [1.82, 2.24) is 34.5 Å². The Morgan fingerprint density at radius 1 is 1.06 bits per heavy atom. The predicted octanol–water partition coefficient (Wildman–Crippen LogP) is 5.37. The third-order valence-corrected chi connectivity index (χ3v) is 5.84. The van der Waals surface area contributed by atoms with Gasteiger partial charge in [0.25, 0.3) is 0 Å². The molecule has 0 unspecified atom stereocenters. The van der Waals surface area contributed by atoms with Crippen molar-refractivity contribution >= 4 is 24.4 Å². The molecule has 0 fully saturated rings. The van der Waals surface area contributed by atoms with E-state index in [1.165, 1.54) is 0 Å². The lowest BCUT2D eigenvalue weighted by Gasteiger charge is -2.06. The number of methoxy groups -OCH3 is 1. The summed E-state index contributed by atoms with van der Waals surface area (Å²) in [6.07, 6.45) is 7.59. The molecule has 0 bridgehead atoms. The summed E-state index contributed by atoms with van der Waals surface area (Å²) in [5.74, 6) is 3.33. The van der Waals surface area contributed by atoms with E-state index in [9.17, 15) is 0 Å². The van der Waals surface area contributed by atoms with Gasteiger partial charge in [0.15, 0.2) is 15.4 Å². The summed E-state index contributed by atoms with van der Waals surface area (Å²) in [6, 6.07) is 15.5. The molecule has 0 saturated carbocycles. The highest BCUT2D eigenvalue weighted by atomic mass is 32.1. The number of allylic oxidation sites excluding steroid dienone is 1. The monoisotopic (exact) mass is 519 g/mol. The Balaban J connectivity index is 0.000000179. The molecule has 184 valence electrons. The third-order valence-electron chi connectivity index (χ3n) is 5.22. The Bertz CT molecular complexity index is 1520. The minimum absolute atomic E-state index is 0.571. The van der Waals surface area contributed by atoms with E-state index in [4.69, 9.17) is 33.6 Å². The Morgan fingerprint density at radius 2 is 1.89 bits per heavy atom. The van der Waals surface area contributed by atoms with Crippen molar-refractivity contribution in [1.29, 1.82) is 0 Å². The number of rotatable bonds is 8. The smallest absolute Gasteiger partial charge is 0.195 e. The molecular weight excluding hydrogens is 494 g/mol. The second kappa shape index (κ2) is 12.0. The molecule has 0 radical (unpaired) electrons. The molecule has 5 rings (SSSR count). The highest BCUT2D eigenvalue weighted by Crippen LogP contribution is 2.17. The van der Waals surface area contributed by atoms with Gasteiger partial charge in [-0.15, -0.1) is 6.58 Å². The van der Waals surface area contributed by atoms with Crippen LogP contribution in [-0.2, 0) is 19.5 Å². The van der Waals surface area contributed by atoms with Crippen molar-refractivity contribution in [2.45, 2.75) is 19.5 Å². The van der Waals surface area contributed by atoms with Crippen LogP contribution in [0.4, 0.5) is 0 Å². The van der Waals surface area contributed by atoms with Crippen LogP contribution in [0.2, 0.25) is 0 Å². The van der Waals surface area contributed by atoms with Gasteiger partial charge in [-0.25, -0.2) is 0 Å². The van der Waals surface area contributed by atoms with E-state index in [0.717, 1.165) is 34.3 Å². The van der Waals surface area contributed by atoms with Crippen molar-refractivity contribution < 1.29 is 9.15 Å². The van der Waals surface area contributed by atoms with Gasteiger partial charge in [0, 0.05) is 30.9 Å². The number of nitrogens with zero attached hydrogens (tertiary/aromatic N) is 5. The van der Waals surface area contributed by atoms with Crippen molar-refractivity contribution in [2.24, 2.45) is 0 Å². The van der Waals surface area contributed by atoms with Crippen molar-refractivity contribution in [3.05, 3.63) is 107 Å². The first-order valence-corrected chi connectivity index (χ1v) is 11.9. The molecule has 5 aromatic rings. The van der Waals surface area contributed by atoms with Crippen LogP contribution in [-0.4, -0.2) is 41.6 Å². The molecule has 0 atom stereocenters. The van der Waals surface area contributed by atoms with Crippen LogP contribution in [0, 0.1) is 9.54 Å². The largest absolute Gasteiger partial charge is 0.497 e. The molecule has 9 nitrogen and oxygen atoms in total. The number of hydrogen-bond donors (Lipinski definition) is 2. The second-order valence-corrected chi connectivity index (χ2v) is 8.41. The van der Waals surface area contributed by atoms with Gasteiger partial charge in [-0.3, -0.25) is 24.3 Å². The molecule has 0 saturated heterocycles. The number of H-pyrrole nitrogens is 2. The van der Waals surface area contributed by atoms with E-state index in [0.29, 0.717) is 29.1 Å². The van der Waals surface area contributed by atoms with Crippen LogP contribution < -0.4 is 4.74 Å². The molecule has 36 heavy (non-hydrogen) atoms. The van der Waals surface area contributed by atoms with Gasteiger partial charge in [0.1, 0.15) is 17.3 Å². The van der Waals surface area contributed by atoms with Gasteiger partial charge in [0.2, 0.25) is 0 Å². The highest BCUT2D eigenvalue weighted by Gasteiger charge is 2.10. The summed E-state index contributed by atoms with van der Waals surface area (Å²) < 4.78 is 15.6. The Labute approximate surface area is 218 Å². The minimum Gasteiger partial charge on any atom is -0.497 e. The van der Waals surface area contributed by atoms with Crippen LogP contribution in [0.15, 0.2) is 84.3 Å². The first-order chi connectivity index (χ1) is 17.6. The Kier molecular flexibility index (Phi) is 8.37. The summed E-state index contributed by atoms with van der Waals surface area (Å²) in [6.45, 7) is 4.90. The van der Waals surface area contributed by atoms with Crippen molar-refractivity contribution in [3.8, 4) is 17.1 Å². The van der Waals surface area contributed by atoms with Crippen LogP contribution in [0.3, 0.4) is 0 Å². The molecule has 4 aromatic heterocycles. The summed E-state index contributed by atoms with van der Waals surface area (Å²) in [4.78, 5) is 4.04. The number of furan rings is 1. The maximum atomic E-state index is 5.37. The SMILES string of the molecule is C=CCn1c(-c2cccnc2)n[nH]c1=S.COc1cccc(Cc2n[nH]c(=S)n2Cc2ccco2)c1. The Morgan fingerprint density at radius 3 is 2.61 bits per heavy atom. The molecule has 0 aliphatic rings. The molecule has 0 aliphatic heterocycles. The van der Waals surface area contributed by atoms with Crippen molar-refractivity contribution in [3.63, 3.8) is 0 Å². The lowest BCUT2D eigenvalue weighted by atomic mass is 10.1. The molecule has 0 spiro atoms. The summed E-state index contributed by atoms with van der Waals surface area (Å²) in [5, 5.41) is 14.1. The fourth-order valence-corrected chi connectivity index (χ4v) is 3.93. The number of hydrogen-bond acceptors (Lipinski definition) is 7. The van der Waals surface area contributed by atoms with Gasteiger partial charge < -0.3 is 9.15 Å². The van der Waals surface area contributed by atoms with E-state index in [1.54, 1.807) is 31.8 Å². The number of ether oxygens (including phenoxy) is 1. The maximum absolute atomic E-state index is 5.37. The number of pyridine rings is 1. The van der Waals surface area contributed by atoms with Crippen LogP contribution in [0.25, 0.3) is 11.4 Å². The average molecular weight is 520 g/mol. The summed E-state index contributed by atoms with van der Waals surface area (Å²) in [5.41, 5.74) is 2.05. The normalized spacial score (nSPS) is 10.5.